The van der Waals surface area contributed by atoms with Crippen molar-refractivity contribution in [2.24, 2.45) is 0 Å². The minimum absolute atomic E-state index is 0.248. The molecule has 0 saturated heterocycles. The summed E-state index contributed by atoms with van der Waals surface area (Å²) in [5.74, 6) is 0.498. The van der Waals surface area contributed by atoms with Gasteiger partial charge in [-0.2, -0.15) is 5.10 Å². The SMILES string of the molecule is CC(O)CCc1ccc(-c2cc(N)n[nH]2)cc1. The van der Waals surface area contributed by atoms with E-state index in [1.807, 2.05) is 25.1 Å². The van der Waals surface area contributed by atoms with E-state index in [9.17, 15) is 5.11 Å². The third-order valence-electron chi connectivity index (χ3n) is 2.71. The molecule has 2 aromatic rings. The number of aryl methyl sites for hydroxylation is 1. The number of anilines is 1. The Balaban J connectivity index is 2.07. The van der Waals surface area contributed by atoms with Gasteiger partial charge < -0.3 is 10.8 Å². The second-order valence-electron chi connectivity index (χ2n) is 4.29. The molecule has 0 aliphatic carbocycles. The molecule has 0 spiro atoms. The summed E-state index contributed by atoms with van der Waals surface area (Å²) in [5.41, 5.74) is 8.77. The number of nitrogens with two attached hydrogens (primary N) is 1. The Morgan fingerprint density at radius 2 is 2.06 bits per heavy atom. The maximum absolute atomic E-state index is 9.22. The second-order valence-corrected chi connectivity index (χ2v) is 4.29. The van der Waals surface area contributed by atoms with Gasteiger partial charge in [-0.25, -0.2) is 0 Å². The summed E-state index contributed by atoms with van der Waals surface area (Å²) in [6.07, 6.45) is 1.43. The highest BCUT2D eigenvalue weighted by Crippen LogP contribution is 2.19. The zero-order valence-corrected chi connectivity index (χ0v) is 9.85. The lowest BCUT2D eigenvalue weighted by Gasteiger charge is -2.05. The number of H-pyrrole nitrogens is 1. The van der Waals surface area contributed by atoms with E-state index in [4.69, 9.17) is 5.73 Å². The summed E-state index contributed by atoms with van der Waals surface area (Å²) in [6.45, 7) is 1.81. The number of benzene rings is 1. The molecule has 4 nitrogen and oxygen atoms in total. The van der Waals surface area contributed by atoms with E-state index in [0.717, 1.165) is 24.1 Å². The lowest BCUT2D eigenvalue weighted by atomic mass is 10.0. The molecule has 0 radical (unpaired) electrons. The number of nitrogen functional groups attached to an aromatic ring is 1. The molecule has 4 N–H and O–H groups in total. The van der Waals surface area contributed by atoms with E-state index in [-0.39, 0.29) is 6.10 Å². The summed E-state index contributed by atoms with van der Waals surface area (Å²) < 4.78 is 0. The first-order valence-electron chi connectivity index (χ1n) is 5.73. The maximum atomic E-state index is 9.22. The van der Waals surface area contributed by atoms with Gasteiger partial charge in [-0.3, -0.25) is 5.10 Å². The molecule has 4 heteroatoms. The van der Waals surface area contributed by atoms with Crippen LogP contribution >= 0.6 is 0 Å². The Kier molecular flexibility index (Phi) is 3.44. The Morgan fingerprint density at radius 3 is 2.59 bits per heavy atom. The normalized spacial score (nSPS) is 12.6. The van der Waals surface area contributed by atoms with E-state index in [2.05, 4.69) is 22.3 Å². The van der Waals surface area contributed by atoms with Crippen LogP contribution in [0.2, 0.25) is 0 Å². The lowest BCUT2D eigenvalue weighted by Crippen LogP contribution is -2.01. The molecule has 1 aromatic heterocycles. The number of aliphatic hydroxyl groups excluding tert-OH is 1. The average Bonchev–Trinajstić information content (AvgIpc) is 2.74. The number of nitrogens with one attached hydrogen (secondary N) is 1. The topological polar surface area (TPSA) is 74.9 Å². The van der Waals surface area contributed by atoms with Crippen molar-refractivity contribution >= 4 is 5.82 Å². The van der Waals surface area contributed by atoms with E-state index >= 15 is 0 Å². The molecule has 0 bridgehead atoms. The lowest BCUT2D eigenvalue weighted by molar-refractivity contribution is 0.185. The molecule has 1 atom stereocenters. The molecule has 0 fully saturated rings. The second kappa shape index (κ2) is 5.01. The minimum Gasteiger partial charge on any atom is -0.393 e. The molecular formula is C13H17N3O. The molecule has 0 aliphatic rings. The summed E-state index contributed by atoms with van der Waals surface area (Å²) >= 11 is 0. The number of rotatable bonds is 4. The fourth-order valence-corrected chi connectivity index (χ4v) is 1.71. The summed E-state index contributed by atoms with van der Waals surface area (Å²) in [4.78, 5) is 0. The summed E-state index contributed by atoms with van der Waals surface area (Å²) in [5, 5.41) is 16.0. The van der Waals surface area contributed by atoms with Crippen LogP contribution in [0.25, 0.3) is 11.3 Å². The van der Waals surface area contributed by atoms with Crippen molar-refractivity contribution in [3.05, 3.63) is 35.9 Å². The highest BCUT2D eigenvalue weighted by molar-refractivity contribution is 5.62. The van der Waals surface area contributed by atoms with Gasteiger partial charge in [0.05, 0.1) is 11.8 Å². The number of nitrogens with zero attached hydrogens (tertiary/aromatic N) is 1. The van der Waals surface area contributed by atoms with Gasteiger partial charge in [-0.1, -0.05) is 24.3 Å². The van der Waals surface area contributed by atoms with Crippen molar-refractivity contribution in [2.45, 2.75) is 25.9 Å². The third kappa shape index (κ3) is 3.07. The zero-order valence-electron chi connectivity index (χ0n) is 9.85. The highest BCUT2D eigenvalue weighted by atomic mass is 16.3. The van der Waals surface area contributed by atoms with Crippen LogP contribution in [-0.4, -0.2) is 21.4 Å². The van der Waals surface area contributed by atoms with Crippen LogP contribution in [0.15, 0.2) is 30.3 Å². The highest BCUT2D eigenvalue weighted by Gasteiger charge is 2.02. The van der Waals surface area contributed by atoms with Crippen LogP contribution in [0.1, 0.15) is 18.9 Å². The van der Waals surface area contributed by atoms with Gasteiger partial charge >= 0.3 is 0 Å². The van der Waals surface area contributed by atoms with Crippen LogP contribution in [0.5, 0.6) is 0 Å². The molecule has 1 aromatic carbocycles. The van der Waals surface area contributed by atoms with Crippen LogP contribution in [0.4, 0.5) is 5.82 Å². The molecule has 17 heavy (non-hydrogen) atoms. The van der Waals surface area contributed by atoms with Gasteiger partial charge in [-0.05, 0) is 30.9 Å². The average molecular weight is 231 g/mol. The van der Waals surface area contributed by atoms with Crippen molar-refractivity contribution < 1.29 is 5.11 Å². The quantitative estimate of drug-likeness (QED) is 0.753. The Hall–Kier alpha value is -1.81. The Morgan fingerprint density at radius 1 is 1.35 bits per heavy atom. The number of aromatic nitrogens is 2. The predicted octanol–water partition coefficient (Wildman–Crippen LogP) is 1.97. The third-order valence-corrected chi connectivity index (χ3v) is 2.71. The van der Waals surface area contributed by atoms with Gasteiger partial charge in [0.1, 0.15) is 5.82 Å². The first kappa shape index (κ1) is 11.7. The van der Waals surface area contributed by atoms with Gasteiger partial charge in [0, 0.05) is 6.07 Å². The van der Waals surface area contributed by atoms with E-state index in [0.29, 0.717) is 5.82 Å². The summed E-state index contributed by atoms with van der Waals surface area (Å²) in [7, 11) is 0. The van der Waals surface area contributed by atoms with Gasteiger partial charge in [-0.15, -0.1) is 0 Å². The largest absolute Gasteiger partial charge is 0.393 e. The van der Waals surface area contributed by atoms with Crippen molar-refractivity contribution in [2.75, 3.05) is 5.73 Å². The smallest absolute Gasteiger partial charge is 0.145 e. The van der Waals surface area contributed by atoms with Crippen LogP contribution in [-0.2, 0) is 6.42 Å². The zero-order chi connectivity index (χ0) is 12.3. The van der Waals surface area contributed by atoms with Crippen molar-refractivity contribution in [1.29, 1.82) is 0 Å². The molecule has 0 aliphatic heterocycles. The number of aromatic amines is 1. The van der Waals surface area contributed by atoms with Crippen molar-refractivity contribution in [1.82, 2.24) is 10.2 Å². The standard InChI is InChI=1S/C13H17N3O/c1-9(17)2-3-10-4-6-11(7-5-10)12-8-13(14)16-15-12/h4-9,17H,2-3H2,1H3,(H3,14,15,16). The molecular weight excluding hydrogens is 214 g/mol. The van der Waals surface area contributed by atoms with Gasteiger partial charge in [0.2, 0.25) is 0 Å². The molecule has 0 amide bonds. The number of aliphatic hydroxyl groups is 1. The first-order valence-corrected chi connectivity index (χ1v) is 5.73. The molecule has 1 heterocycles. The van der Waals surface area contributed by atoms with Crippen LogP contribution in [0.3, 0.4) is 0 Å². The number of hydrogen-bond acceptors (Lipinski definition) is 3. The molecule has 2 rings (SSSR count). The maximum Gasteiger partial charge on any atom is 0.145 e. The van der Waals surface area contributed by atoms with E-state index in [1.54, 1.807) is 0 Å². The van der Waals surface area contributed by atoms with Gasteiger partial charge in [0.25, 0.3) is 0 Å². The van der Waals surface area contributed by atoms with E-state index in [1.165, 1.54) is 5.56 Å². The monoisotopic (exact) mass is 231 g/mol. The first-order chi connectivity index (χ1) is 8.15. The molecule has 90 valence electrons. The summed E-state index contributed by atoms with van der Waals surface area (Å²) in [6, 6.07) is 10.0. The fraction of sp³-hybridized carbons (Fsp3) is 0.308. The molecule has 0 saturated carbocycles. The van der Waals surface area contributed by atoms with Crippen LogP contribution in [0, 0.1) is 0 Å². The number of hydrogen-bond donors (Lipinski definition) is 3. The van der Waals surface area contributed by atoms with Crippen molar-refractivity contribution in [3.8, 4) is 11.3 Å². The van der Waals surface area contributed by atoms with E-state index < -0.39 is 0 Å². The van der Waals surface area contributed by atoms with Gasteiger partial charge in [0.15, 0.2) is 0 Å². The minimum atomic E-state index is -0.248. The predicted molar refractivity (Wildman–Crippen MR) is 68.4 cm³/mol. The molecule has 1 unspecified atom stereocenters. The van der Waals surface area contributed by atoms with Crippen LogP contribution < -0.4 is 5.73 Å². The van der Waals surface area contributed by atoms with Crippen molar-refractivity contribution in [3.63, 3.8) is 0 Å². The Labute approximate surface area is 100 Å². The fourth-order valence-electron chi connectivity index (χ4n) is 1.71. The Bertz CT molecular complexity index is 474.